The van der Waals surface area contributed by atoms with Crippen LogP contribution in [0.1, 0.15) is 46.5 Å². The number of hydrogen-bond donors (Lipinski definition) is 1. The topological polar surface area (TPSA) is 24.5 Å². The highest BCUT2D eigenvalue weighted by Gasteiger charge is 2.37. The van der Waals surface area contributed by atoms with E-state index in [1.807, 2.05) is 0 Å². The van der Waals surface area contributed by atoms with Crippen LogP contribution in [-0.2, 0) is 4.74 Å². The highest BCUT2D eigenvalue weighted by Crippen LogP contribution is 2.31. The first kappa shape index (κ1) is 14.3. The minimum absolute atomic E-state index is 0.398. The summed E-state index contributed by atoms with van der Waals surface area (Å²) in [4.78, 5) is 2.61. The zero-order valence-corrected chi connectivity index (χ0v) is 12.5. The van der Waals surface area contributed by atoms with Crippen molar-refractivity contribution in [3.63, 3.8) is 0 Å². The molecule has 1 aliphatic heterocycles. The van der Waals surface area contributed by atoms with E-state index in [9.17, 15) is 0 Å². The molecule has 0 bridgehead atoms. The van der Waals surface area contributed by atoms with Crippen LogP contribution >= 0.6 is 0 Å². The van der Waals surface area contributed by atoms with Crippen LogP contribution in [0.2, 0.25) is 0 Å². The van der Waals surface area contributed by atoms with Crippen LogP contribution in [0, 0.1) is 5.92 Å². The van der Waals surface area contributed by atoms with Gasteiger partial charge in [0.25, 0.3) is 0 Å². The average molecular weight is 254 g/mol. The quantitative estimate of drug-likeness (QED) is 0.833. The van der Waals surface area contributed by atoms with Gasteiger partial charge in [-0.1, -0.05) is 13.8 Å². The van der Waals surface area contributed by atoms with Gasteiger partial charge in [-0.3, -0.25) is 4.90 Å². The Bertz CT molecular complexity index is 259. The third kappa shape index (κ3) is 3.06. The molecule has 0 radical (unpaired) electrons. The van der Waals surface area contributed by atoms with Crippen molar-refractivity contribution in [3.8, 4) is 0 Å². The predicted octanol–water partition coefficient (Wildman–Crippen LogP) is 2.26. The molecule has 106 valence electrons. The van der Waals surface area contributed by atoms with Crippen molar-refractivity contribution >= 4 is 0 Å². The second-order valence-corrected chi connectivity index (χ2v) is 6.25. The number of ether oxygens (including phenoxy) is 1. The monoisotopic (exact) mass is 254 g/mol. The lowest BCUT2D eigenvalue weighted by molar-refractivity contribution is 0.0403. The summed E-state index contributed by atoms with van der Waals surface area (Å²) in [5.41, 5.74) is 0. The fourth-order valence-corrected chi connectivity index (χ4v) is 3.80. The van der Waals surface area contributed by atoms with Crippen LogP contribution in [0.3, 0.4) is 0 Å². The predicted molar refractivity (Wildman–Crippen MR) is 75.8 cm³/mol. The molecule has 0 spiro atoms. The van der Waals surface area contributed by atoms with E-state index in [-0.39, 0.29) is 0 Å². The fraction of sp³-hybridized carbons (Fsp3) is 1.00. The first-order valence-corrected chi connectivity index (χ1v) is 7.70. The molecular weight excluding hydrogens is 224 g/mol. The molecular formula is C15H30N2O. The Kier molecular flexibility index (Phi) is 5.05. The zero-order chi connectivity index (χ0) is 13.1. The van der Waals surface area contributed by atoms with Crippen LogP contribution < -0.4 is 5.32 Å². The van der Waals surface area contributed by atoms with E-state index in [0.29, 0.717) is 24.2 Å². The molecule has 0 aromatic heterocycles. The van der Waals surface area contributed by atoms with Crippen molar-refractivity contribution in [1.82, 2.24) is 10.2 Å². The molecule has 3 nitrogen and oxygen atoms in total. The van der Waals surface area contributed by atoms with Gasteiger partial charge in [-0.2, -0.15) is 0 Å². The van der Waals surface area contributed by atoms with Crippen LogP contribution in [-0.4, -0.2) is 49.3 Å². The SMILES string of the molecule is CCNC1CCC(C)CC1N(C)C1CCOC1C. The summed E-state index contributed by atoms with van der Waals surface area (Å²) < 4.78 is 5.74. The summed E-state index contributed by atoms with van der Waals surface area (Å²) in [5.74, 6) is 0.866. The van der Waals surface area contributed by atoms with Crippen LogP contribution in [0.5, 0.6) is 0 Å². The molecule has 0 aromatic carbocycles. The molecule has 5 atom stereocenters. The summed E-state index contributed by atoms with van der Waals surface area (Å²) in [7, 11) is 2.31. The highest BCUT2D eigenvalue weighted by atomic mass is 16.5. The van der Waals surface area contributed by atoms with E-state index in [1.165, 1.54) is 25.7 Å². The highest BCUT2D eigenvalue weighted by molar-refractivity contribution is 4.93. The molecule has 2 rings (SSSR count). The maximum atomic E-state index is 5.74. The van der Waals surface area contributed by atoms with Gasteiger partial charge < -0.3 is 10.1 Å². The first-order valence-electron chi connectivity index (χ1n) is 7.70. The van der Waals surface area contributed by atoms with E-state index in [4.69, 9.17) is 4.74 Å². The van der Waals surface area contributed by atoms with Gasteiger partial charge in [0.2, 0.25) is 0 Å². The van der Waals surface area contributed by atoms with Gasteiger partial charge in [0.1, 0.15) is 0 Å². The summed E-state index contributed by atoms with van der Waals surface area (Å²) >= 11 is 0. The summed E-state index contributed by atoms with van der Waals surface area (Å²) in [6, 6.07) is 1.97. The number of rotatable bonds is 4. The number of nitrogens with one attached hydrogen (secondary N) is 1. The minimum Gasteiger partial charge on any atom is -0.377 e. The average Bonchev–Trinajstić information content (AvgIpc) is 2.77. The number of hydrogen-bond acceptors (Lipinski definition) is 3. The summed E-state index contributed by atoms with van der Waals surface area (Å²) in [6.45, 7) is 8.86. The molecule has 18 heavy (non-hydrogen) atoms. The Balaban J connectivity index is 2.01. The van der Waals surface area contributed by atoms with E-state index in [1.54, 1.807) is 0 Å². The maximum absolute atomic E-state index is 5.74. The van der Waals surface area contributed by atoms with Gasteiger partial charge in [-0.15, -0.1) is 0 Å². The van der Waals surface area contributed by atoms with E-state index in [0.717, 1.165) is 19.1 Å². The third-order valence-electron chi connectivity index (χ3n) is 4.93. The van der Waals surface area contributed by atoms with Crippen molar-refractivity contribution in [2.75, 3.05) is 20.2 Å². The third-order valence-corrected chi connectivity index (χ3v) is 4.93. The van der Waals surface area contributed by atoms with Crippen molar-refractivity contribution in [2.45, 2.75) is 70.7 Å². The second-order valence-electron chi connectivity index (χ2n) is 6.25. The molecule has 1 saturated carbocycles. The normalized spacial score (nSPS) is 41.5. The number of nitrogens with zero attached hydrogens (tertiary/aromatic N) is 1. The van der Waals surface area contributed by atoms with Crippen molar-refractivity contribution in [3.05, 3.63) is 0 Å². The molecule has 1 aliphatic carbocycles. The number of likely N-dealkylation sites (N-methyl/N-ethyl adjacent to an activating group) is 2. The van der Waals surface area contributed by atoms with Gasteiger partial charge in [0.15, 0.2) is 0 Å². The van der Waals surface area contributed by atoms with Crippen LogP contribution in [0.4, 0.5) is 0 Å². The Morgan fingerprint density at radius 2 is 1.94 bits per heavy atom. The minimum atomic E-state index is 0.398. The second kappa shape index (κ2) is 6.36. The van der Waals surface area contributed by atoms with E-state index < -0.39 is 0 Å². The Morgan fingerprint density at radius 1 is 1.17 bits per heavy atom. The summed E-state index contributed by atoms with van der Waals surface area (Å²) in [6.07, 6.45) is 5.62. The standard InChI is InChI=1S/C15H30N2O/c1-5-16-13-7-6-11(2)10-15(13)17(4)14-8-9-18-12(14)3/h11-16H,5-10H2,1-4H3. The van der Waals surface area contributed by atoms with E-state index >= 15 is 0 Å². The van der Waals surface area contributed by atoms with Gasteiger partial charge in [0, 0.05) is 24.7 Å². The molecule has 5 unspecified atom stereocenters. The molecule has 0 aromatic rings. The van der Waals surface area contributed by atoms with Crippen molar-refractivity contribution < 1.29 is 4.74 Å². The lowest BCUT2D eigenvalue weighted by atomic mass is 9.82. The van der Waals surface area contributed by atoms with Gasteiger partial charge in [-0.25, -0.2) is 0 Å². The molecule has 3 heteroatoms. The Hall–Kier alpha value is -0.120. The maximum Gasteiger partial charge on any atom is 0.0703 e. The van der Waals surface area contributed by atoms with E-state index in [2.05, 4.69) is 38.0 Å². The van der Waals surface area contributed by atoms with Crippen molar-refractivity contribution in [1.29, 1.82) is 0 Å². The Morgan fingerprint density at radius 3 is 2.56 bits per heavy atom. The fourth-order valence-electron chi connectivity index (χ4n) is 3.80. The molecule has 2 fully saturated rings. The zero-order valence-electron chi connectivity index (χ0n) is 12.5. The van der Waals surface area contributed by atoms with Crippen LogP contribution in [0.25, 0.3) is 0 Å². The first-order chi connectivity index (χ1) is 8.63. The van der Waals surface area contributed by atoms with Gasteiger partial charge in [0.05, 0.1) is 6.10 Å². The van der Waals surface area contributed by atoms with Gasteiger partial charge in [-0.05, 0) is 52.1 Å². The molecule has 1 heterocycles. The van der Waals surface area contributed by atoms with Gasteiger partial charge >= 0.3 is 0 Å². The lowest BCUT2D eigenvalue weighted by Gasteiger charge is -2.43. The van der Waals surface area contributed by atoms with Crippen molar-refractivity contribution in [2.24, 2.45) is 5.92 Å². The summed E-state index contributed by atoms with van der Waals surface area (Å²) in [5, 5.41) is 3.69. The van der Waals surface area contributed by atoms with Crippen LogP contribution in [0.15, 0.2) is 0 Å². The smallest absolute Gasteiger partial charge is 0.0703 e. The largest absolute Gasteiger partial charge is 0.377 e. The Labute approximate surface area is 112 Å². The molecule has 1 saturated heterocycles. The molecule has 0 amide bonds. The molecule has 2 aliphatic rings. The lowest BCUT2D eigenvalue weighted by Crippen LogP contribution is -2.55. The molecule has 1 N–H and O–H groups in total.